The molecule has 0 fully saturated rings. The zero-order valence-corrected chi connectivity index (χ0v) is 29.9. The first-order chi connectivity index (χ1) is 24.2. The van der Waals surface area contributed by atoms with Crippen molar-refractivity contribution < 1.29 is 33.2 Å². The van der Waals surface area contributed by atoms with Gasteiger partial charge in [0.15, 0.2) is 0 Å². The van der Waals surface area contributed by atoms with Crippen LogP contribution in [-0.2, 0) is 44.6 Å². The molecule has 3 aromatic rings. The quantitative estimate of drug-likeness (QED) is 0.284. The van der Waals surface area contributed by atoms with Gasteiger partial charge in [0.05, 0.1) is 59.0 Å². The summed E-state index contributed by atoms with van der Waals surface area (Å²) in [5.41, 5.74) is 7.90. The van der Waals surface area contributed by atoms with Gasteiger partial charge in [0.1, 0.15) is 30.5 Å². The second-order valence-electron chi connectivity index (χ2n) is 12.4. The van der Waals surface area contributed by atoms with E-state index < -0.39 is 0 Å². The van der Waals surface area contributed by atoms with Gasteiger partial charge in [0, 0.05) is 30.3 Å². The molecule has 10 bridgehead atoms. The number of ether oxygens (including phenoxy) is 7. The number of para-hydroxylation sites is 3. The molecule has 6 rings (SSSR count). The van der Waals surface area contributed by atoms with E-state index in [1.807, 2.05) is 0 Å². The third-order valence-corrected chi connectivity index (χ3v) is 9.35. The lowest BCUT2D eigenvalue weighted by Crippen LogP contribution is -2.30. The molecule has 0 N–H and O–H groups in total. The van der Waals surface area contributed by atoms with Gasteiger partial charge in [-0.3, -0.25) is 0 Å². The Kier molecular flexibility index (Phi) is 13.8. The van der Waals surface area contributed by atoms with Crippen LogP contribution in [0.25, 0.3) is 0 Å². The van der Waals surface area contributed by atoms with Gasteiger partial charge in [0.25, 0.3) is 0 Å². The van der Waals surface area contributed by atoms with E-state index in [4.69, 9.17) is 33.2 Å². The summed E-state index contributed by atoms with van der Waals surface area (Å²) in [6.07, 6.45) is 9.29. The SMILES string of the molecule is SCCOc1c2cccc1Cc1cccc3c1OCCOCCOCCOCCOc1c(cccc1C2)CC1=CC=CC(C3)C1OCCS. The van der Waals surface area contributed by atoms with Crippen LogP contribution < -0.4 is 14.2 Å². The summed E-state index contributed by atoms with van der Waals surface area (Å²) in [5.74, 6) is 4.06. The van der Waals surface area contributed by atoms with Gasteiger partial charge >= 0.3 is 0 Å². The Morgan fingerprint density at radius 3 is 1.69 bits per heavy atom. The smallest absolute Gasteiger partial charge is 0.126 e. The van der Waals surface area contributed by atoms with Crippen LogP contribution in [0.4, 0.5) is 0 Å². The molecule has 3 aliphatic rings. The molecule has 2 atom stereocenters. The first-order valence-corrected chi connectivity index (χ1v) is 18.7. The zero-order valence-electron chi connectivity index (χ0n) is 28.1. The maximum Gasteiger partial charge on any atom is 0.126 e. The molecule has 1 heterocycles. The van der Waals surface area contributed by atoms with E-state index >= 15 is 0 Å². The van der Waals surface area contributed by atoms with Crippen LogP contribution in [0.2, 0.25) is 0 Å². The van der Waals surface area contributed by atoms with Crippen LogP contribution >= 0.6 is 25.3 Å². The summed E-state index contributed by atoms with van der Waals surface area (Å²) in [4.78, 5) is 0. The Balaban J connectivity index is 1.50. The molecule has 0 amide bonds. The lowest BCUT2D eigenvalue weighted by atomic mass is 9.82. The van der Waals surface area contributed by atoms with Gasteiger partial charge in [-0.1, -0.05) is 72.8 Å². The van der Waals surface area contributed by atoms with E-state index in [2.05, 4.69) is 98.1 Å². The van der Waals surface area contributed by atoms with Gasteiger partial charge in [0.2, 0.25) is 0 Å². The van der Waals surface area contributed by atoms with Gasteiger partial charge in [-0.05, 0) is 51.8 Å². The Morgan fingerprint density at radius 1 is 0.592 bits per heavy atom. The summed E-state index contributed by atoms with van der Waals surface area (Å²) in [5, 5.41) is 0. The van der Waals surface area contributed by atoms with Gasteiger partial charge in [-0.2, -0.15) is 25.3 Å². The van der Waals surface area contributed by atoms with Crippen LogP contribution in [-0.4, -0.2) is 83.7 Å². The Hall–Kier alpha value is -2.92. The molecular formula is C40H48O7S2. The lowest BCUT2D eigenvalue weighted by Gasteiger charge is -2.31. The van der Waals surface area contributed by atoms with Crippen LogP contribution in [0.15, 0.2) is 78.4 Å². The van der Waals surface area contributed by atoms with Crippen molar-refractivity contribution in [2.45, 2.75) is 31.8 Å². The summed E-state index contributed by atoms with van der Waals surface area (Å²) in [7, 11) is 0. The molecule has 0 radical (unpaired) electrons. The van der Waals surface area contributed by atoms with Crippen LogP contribution in [0.1, 0.15) is 33.4 Å². The van der Waals surface area contributed by atoms with Crippen molar-refractivity contribution in [3.8, 4) is 17.2 Å². The van der Waals surface area contributed by atoms with E-state index in [-0.39, 0.29) is 12.0 Å². The van der Waals surface area contributed by atoms with E-state index in [9.17, 15) is 0 Å². The van der Waals surface area contributed by atoms with Crippen LogP contribution in [0, 0.1) is 5.92 Å². The Morgan fingerprint density at radius 2 is 1.10 bits per heavy atom. The molecule has 0 saturated heterocycles. The topological polar surface area (TPSA) is 64.6 Å². The highest BCUT2D eigenvalue weighted by Gasteiger charge is 2.29. The highest BCUT2D eigenvalue weighted by molar-refractivity contribution is 7.80. The molecule has 2 aliphatic carbocycles. The predicted molar refractivity (Wildman–Crippen MR) is 199 cm³/mol. The molecule has 9 heteroatoms. The molecule has 3 aromatic carbocycles. The summed E-state index contributed by atoms with van der Waals surface area (Å²) in [6.45, 7) is 4.82. The summed E-state index contributed by atoms with van der Waals surface area (Å²) >= 11 is 8.98. The van der Waals surface area contributed by atoms with Crippen molar-refractivity contribution in [3.05, 3.63) is 112 Å². The van der Waals surface area contributed by atoms with Crippen LogP contribution in [0.5, 0.6) is 17.2 Å². The number of hydrogen-bond donors (Lipinski definition) is 2. The van der Waals surface area contributed by atoms with Crippen molar-refractivity contribution in [2.75, 3.05) is 77.6 Å². The van der Waals surface area contributed by atoms with Gasteiger partial charge < -0.3 is 33.2 Å². The number of allylic oxidation sites excluding steroid dienone is 2. The van der Waals surface area contributed by atoms with E-state index in [1.165, 1.54) is 5.57 Å². The van der Waals surface area contributed by atoms with Crippen molar-refractivity contribution in [1.82, 2.24) is 0 Å². The normalized spacial score (nSPS) is 20.4. The van der Waals surface area contributed by atoms with Crippen molar-refractivity contribution >= 4 is 25.3 Å². The average Bonchev–Trinajstić information content (AvgIpc) is 3.10. The second kappa shape index (κ2) is 18.9. The number of fused-ring (bicyclic) bond motifs is 2. The van der Waals surface area contributed by atoms with Crippen molar-refractivity contribution in [3.63, 3.8) is 0 Å². The van der Waals surface area contributed by atoms with Crippen molar-refractivity contribution in [1.29, 1.82) is 0 Å². The number of rotatable bonds is 6. The fourth-order valence-corrected chi connectivity index (χ4v) is 7.04. The summed E-state index contributed by atoms with van der Waals surface area (Å²) < 4.78 is 43.8. The maximum absolute atomic E-state index is 6.63. The Labute approximate surface area is 301 Å². The molecular weight excluding hydrogens is 657 g/mol. The molecule has 49 heavy (non-hydrogen) atoms. The number of thiol groups is 2. The van der Waals surface area contributed by atoms with E-state index in [0.717, 1.165) is 57.1 Å². The molecule has 262 valence electrons. The van der Waals surface area contributed by atoms with Gasteiger partial charge in [-0.15, -0.1) is 0 Å². The average molecular weight is 705 g/mol. The fourth-order valence-electron chi connectivity index (χ4n) is 6.84. The first-order valence-electron chi connectivity index (χ1n) is 17.4. The lowest BCUT2D eigenvalue weighted by molar-refractivity contribution is 0.00477. The van der Waals surface area contributed by atoms with E-state index in [1.54, 1.807) is 0 Å². The standard InChI is InChI=1S/C40H48O7S2/c48-23-21-46-39-33-9-3-11-35(39)27-31-7-2-8-32-28-36-12-4-10-34(40(36)47-22-24-49)26-30-6-1-5-29(25-33)37(30)44-19-17-42-15-13-41-14-16-43-18-20-45-38(31)32/h1-12,33,39,48-49H,13-28H2. The number of hydrogen-bond acceptors (Lipinski definition) is 9. The minimum absolute atomic E-state index is 0.107. The monoisotopic (exact) mass is 704 g/mol. The van der Waals surface area contributed by atoms with Crippen LogP contribution in [0.3, 0.4) is 0 Å². The van der Waals surface area contributed by atoms with Gasteiger partial charge in [-0.25, -0.2) is 0 Å². The third kappa shape index (κ3) is 9.66. The molecule has 2 unspecified atom stereocenters. The first kappa shape index (κ1) is 35.9. The molecule has 0 aromatic heterocycles. The second-order valence-corrected chi connectivity index (χ2v) is 13.3. The fraction of sp³-hybridized carbons (Fsp3) is 0.450. The van der Waals surface area contributed by atoms with E-state index in [0.29, 0.717) is 96.8 Å². The predicted octanol–water partition coefficient (Wildman–Crippen LogP) is 6.52. The zero-order chi connectivity index (χ0) is 33.7. The number of benzene rings is 3. The molecule has 1 aliphatic heterocycles. The minimum Gasteiger partial charge on any atom is -0.492 e. The largest absolute Gasteiger partial charge is 0.492 e. The molecule has 0 spiro atoms. The van der Waals surface area contributed by atoms with Crippen molar-refractivity contribution in [2.24, 2.45) is 5.92 Å². The molecule has 7 nitrogen and oxygen atoms in total. The Bertz CT molecular complexity index is 1570. The molecule has 0 saturated carbocycles. The highest BCUT2D eigenvalue weighted by atomic mass is 32.1. The highest BCUT2D eigenvalue weighted by Crippen LogP contribution is 2.39. The maximum atomic E-state index is 6.63. The minimum atomic E-state index is -0.114. The summed E-state index contributed by atoms with van der Waals surface area (Å²) in [6, 6.07) is 19.4. The third-order valence-electron chi connectivity index (χ3n) is 8.99.